The van der Waals surface area contributed by atoms with Crippen LogP contribution >= 0.6 is 0 Å². The molecule has 26 heavy (non-hydrogen) atoms. The van der Waals surface area contributed by atoms with Crippen molar-refractivity contribution in [1.82, 2.24) is 0 Å². The summed E-state index contributed by atoms with van der Waals surface area (Å²) in [5.41, 5.74) is 0.647. The number of anilines is 2. The summed E-state index contributed by atoms with van der Waals surface area (Å²) in [6, 6.07) is 10.7. The van der Waals surface area contributed by atoms with Crippen LogP contribution in [-0.4, -0.2) is 33.2 Å². The maximum absolute atomic E-state index is 13.1. The number of carbonyl (C=O) groups excluding carboxylic acids is 1. The average Bonchev–Trinajstić information content (AvgIpc) is 2.57. The molecule has 0 fully saturated rings. The summed E-state index contributed by atoms with van der Waals surface area (Å²) in [4.78, 5) is 12.7. The molecule has 1 amide bonds. The number of hydrogen-bond donors (Lipinski definition) is 1. The van der Waals surface area contributed by atoms with Gasteiger partial charge in [0, 0.05) is 0 Å². The zero-order valence-electron chi connectivity index (χ0n) is 14.8. The molecule has 6 nitrogen and oxygen atoms in total. The first kappa shape index (κ1) is 19.7. The predicted octanol–water partition coefficient (Wildman–Crippen LogP) is 3.02. The van der Waals surface area contributed by atoms with Crippen molar-refractivity contribution in [2.45, 2.75) is 19.9 Å². The number of para-hydroxylation sites is 2. The number of rotatable bonds is 7. The molecule has 8 heteroatoms. The van der Waals surface area contributed by atoms with E-state index in [0.29, 0.717) is 18.0 Å². The summed E-state index contributed by atoms with van der Waals surface area (Å²) in [5.74, 6) is -0.542. The van der Waals surface area contributed by atoms with Crippen LogP contribution in [0.4, 0.5) is 15.8 Å². The maximum Gasteiger partial charge on any atom is 0.248 e. The van der Waals surface area contributed by atoms with Crippen LogP contribution in [0.3, 0.4) is 0 Å². The largest absolute Gasteiger partial charge is 0.492 e. The van der Waals surface area contributed by atoms with E-state index < -0.39 is 27.8 Å². The highest BCUT2D eigenvalue weighted by atomic mass is 32.2. The van der Waals surface area contributed by atoms with E-state index in [1.807, 2.05) is 6.92 Å². The standard InChI is InChI=1S/C18H21FN2O4S/c1-4-25-17-8-6-5-7-16(17)20-18(22)13(2)21(26(3,23)24)15-11-9-14(19)10-12-15/h5-13H,4H2,1-3H3,(H,20,22)/t13-/m1/s1. The van der Waals surface area contributed by atoms with Crippen molar-refractivity contribution in [3.05, 3.63) is 54.3 Å². The van der Waals surface area contributed by atoms with E-state index in [0.717, 1.165) is 22.7 Å². The Morgan fingerprint density at radius 2 is 1.81 bits per heavy atom. The van der Waals surface area contributed by atoms with Gasteiger partial charge in [-0.25, -0.2) is 12.8 Å². The van der Waals surface area contributed by atoms with Gasteiger partial charge in [-0.15, -0.1) is 0 Å². The van der Waals surface area contributed by atoms with Gasteiger partial charge in [-0.05, 0) is 50.2 Å². The van der Waals surface area contributed by atoms with Gasteiger partial charge in [0.2, 0.25) is 15.9 Å². The van der Waals surface area contributed by atoms with Crippen LogP contribution in [0.1, 0.15) is 13.8 Å². The minimum absolute atomic E-state index is 0.203. The van der Waals surface area contributed by atoms with Crippen molar-refractivity contribution < 1.29 is 22.3 Å². The molecule has 0 aliphatic carbocycles. The zero-order valence-corrected chi connectivity index (χ0v) is 15.6. The number of sulfonamides is 1. The minimum atomic E-state index is -3.77. The number of halogens is 1. The monoisotopic (exact) mass is 380 g/mol. The third kappa shape index (κ3) is 4.72. The Morgan fingerprint density at radius 1 is 1.19 bits per heavy atom. The van der Waals surface area contributed by atoms with Crippen LogP contribution in [-0.2, 0) is 14.8 Å². The van der Waals surface area contributed by atoms with Crippen LogP contribution in [0.15, 0.2) is 48.5 Å². The summed E-state index contributed by atoms with van der Waals surface area (Å²) < 4.78 is 44.0. The van der Waals surface area contributed by atoms with Crippen LogP contribution in [0.25, 0.3) is 0 Å². The number of benzene rings is 2. The lowest BCUT2D eigenvalue weighted by Crippen LogP contribution is -2.45. The highest BCUT2D eigenvalue weighted by Crippen LogP contribution is 2.26. The van der Waals surface area contributed by atoms with Crippen molar-refractivity contribution in [1.29, 1.82) is 0 Å². The first-order valence-corrected chi connectivity index (χ1v) is 9.86. The smallest absolute Gasteiger partial charge is 0.248 e. The molecule has 1 atom stereocenters. The first-order valence-electron chi connectivity index (χ1n) is 8.01. The number of nitrogens with one attached hydrogen (secondary N) is 1. The third-order valence-corrected chi connectivity index (χ3v) is 4.86. The number of hydrogen-bond acceptors (Lipinski definition) is 4. The van der Waals surface area contributed by atoms with Crippen LogP contribution in [0.5, 0.6) is 5.75 Å². The molecule has 0 bridgehead atoms. The molecule has 0 radical (unpaired) electrons. The summed E-state index contributed by atoms with van der Waals surface area (Å²) >= 11 is 0. The molecule has 0 heterocycles. The second-order valence-corrected chi connectivity index (χ2v) is 7.49. The number of nitrogens with zero attached hydrogens (tertiary/aromatic N) is 1. The minimum Gasteiger partial charge on any atom is -0.492 e. The average molecular weight is 380 g/mol. The zero-order chi connectivity index (χ0) is 19.3. The van der Waals surface area contributed by atoms with Gasteiger partial charge >= 0.3 is 0 Å². The second kappa shape index (κ2) is 8.18. The quantitative estimate of drug-likeness (QED) is 0.801. The van der Waals surface area contributed by atoms with Gasteiger partial charge in [0.1, 0.15) is 17.6 Å². The Bertz CT molecular complexity index is 869. The fourth-order valence-corrected chi connectivity index (χ4v) is 3.66. The number of carbonyl (C=O) groups is 1. The Labute approximate surface area is 152 Å². The van der Waals surface area contributed by atoms with E-state index in [4.69, 9.17) is 4.74 Å². The molecule has 0 spiro atoms. The van der Waals surface area contributed by atoms with Gasteiger partial charge in [0.15, 0.2) is 0 Å². The Hall–Kier alpha value is -2.61. The molecule has 1 N–H and O–H groups in total. The summed E-state index contributed by atoms with van der Waals surface area (Å²) in [6.45, 7) is 3.71. The van der Waals surface area contributed by atoms with Crippen LogP contribution in [0, 0.1) is 5.82 Å². The van der Waals surface area contributed by atoms with E-state index in [9.17, 15) is 17.6 Å². The lowest BCUT2D eigenvalue weighted by molar-refractivity contribution is -0.116. The highest BCUT2D eigenvalue weighted by Gasteiger charge is 2.29. The first-order chi connectivity index (χ1) is 12.2. The summed E-state index contributed by atoms with van der Waals surface area (Å²) in [6.07, 6.45) is 0.994. The fraction of sp³-hybridized carbons (Fsp3) is 0.278. The molecule has 2 aromatic carbocycles. The van der Waals surface area contributed by atoms with Crippen molar-refractivity contribution >= 4 is 27.3 Å². The van der Waals surface area contributed by atoms with Gasteiger partial charge in [-0.1, -0.05) is 12.1 Å². The molecule has 0 aliphatic heterocycles. The lowest BCUT2D eigenvalue weighted by atomic mass is 10.2. The molecule has 0 aromatic heterocycles. The maximum atomic E-state index is 13.1. The van der Waals surface area contributed by atoms with E-state index in [1.54, 1.807) is 24.3 Å². The molecule has 0 unspecified atom stereocenters. The van der Waals surface area contributed by atoms with Crippen molar-refractivity contribution in [2.75, 3.05) is 22.5 Å². The van der Waals surface area contributed by atoms with Crippen molar-refractivity contribution in [2.24, 2.45) is 0 Å². The molecule has 2 rings (SSSR count). The van der Waals surface area contributed by atoms with Crippen LogP contribution in [0.2, 0.25) is 0 Å². The van der Waals surface area contributed by atoms with E-state index in [2.05, 4.69) is 5.32 Å². The molecular formula is C18H21FN2O4S. The Morgan fingerprint density at radius 3 is 2.38 bits per heavy atom. The van der Waals surface area contributed by atoms with E-state index in [-0.39, 0.29) is 5.69 Å². The lowest BCUT2D eigenvalue weighted by Gasteiger charge is -2.28. The van der Waals surface area contributed by atoms with Gasteiger partial charge in [0.25, 0.3) is 0 Å². The Balaban J connectivity index is 2.30. The van der Waals surface area contributed by atoms with E-state index >= 15 is 0 Å². The fourth-order valence-electron chi connectivity index (χ4n) is 2.49. The topological polar surface area (TPSA) is 75.7 Å². The van der Waals surface area contributed by atoms with E-state index in [1.165, 1.54) is 19.1 Å². The number of ether oxygens (including phenoxy) is 1. The van der Waals surface area contributed by atoms with Crippen molar-refractivity contribution in [3.63, 3.8) is 0 Å². The summed E-state index contributed by atoms with van der Waals surface area (Å²) in [7, 11) is -3.77. The van der Waals surface area contributed by atoms with Crippen molar-refractivity contribution in [3.8, 4) is 5.75 Å². The third-order valence-electron chi connectivity index (χ3n) is 3.61. The van der Waals surface area contributed by atoms with Gasteiger partial charge in [0.05, 0.1) is 24.2 Å². The van der Waals surface area contributed by atoms with Gasteiger partial charge in [-0.2, -0.15) is 0 Å². The van der Waals surface area contributed by atoms with Crippen LogP contribution < -0.4 is 14.4 Å². The second-order valence-electron chi connectivity index (χ2n) is 5.63. The van der Waals surface area contributed by atoms with Gasteiger partial charge in [-0.3, -0.25) is 9.10 Å². The molecule has 0 aliphatic rings. The normalized spacial score (nSPS) is 12.3. The SMILES string of the molecule is CCOc1ccccc1NC(=O)[C@@H](C)N(c1ccc(F)cc1)S(C)(=O)=O. The Kier molecular flexibility index (Phi) is 6.20. The molecule has 0 saturated carbocycles. The van der Waals surface area contributed by atoms with Gasteiger partial charge < -0.3 is 10.1 Å². The summed E-state index contributed by atoms with van der Waals surface area (Å²) in [5, 5.41) is 2.68. The highest BCUT2D eigenvalue weighted by molar-refractivity contribution is 7.92. The molecule has 140 valence electrons. The predicted molar refractivity (Wildman–Crippen MR) is 99.4 cm³/mol. The molecular weight excluding hydrogens is 359 g/mol. The molecule has 2 aromatic rings. The molecule has 0 saturated heterocycles. The number of amides is 1.